The van der Waals surface area contributed by atoms with Crippen molar-refractivity contribution >= 4 is 11.9 Å². The Balaban J connectivity index is 2.73. The SMILES string of the molecule is CCC(/C=C/CO)N(CCc1ccc(C(=O)O)cc1)C(C)=O. The number of carboxylic acids is 1. The van der Waals surface area contributed by atoms with Crippen LogP contribution in [0.25, 0.3) is 0 Å². The summed E-state index contributed by atoms with van der Waals surface area (Å²) in [4.78, 5) is 24.4. The minimum Gasteiger partial charge on any atom is -0.478 e. The van der Waals surface area contributed by atoms with Crippen LogP contribution in [-0.4, -0.2) is 46.2 Å². The molecule has 1 atom stereocenters. The first kappa shape index (κ1) is 17.9. The van der Waals surface area contributed by atoms with Crippen molar-refractivity contribution in [2.24, 2.45) is 0 Å². The predicted molar refractivity (Wildman–Crippen MR) is 84.8 cm³/mol. The normalized spacial score (nSPS) is 12.3. The van der Waals surface area contributed by atoms with Crippen LogP contribution >= 0.6 is 0 Å². The first-order chi connectivity index (χ1) is 10.5. The number of hydrogen-bond acceptors (Lipinski definition) is 3. The highest BCUT2D eigenvalue weighted by atomic mass is 16.4. The Labute approximate surface area is 130 Å². The second kappa shape index (κ2) is 9.00. The number of rotatable bonds is 8. The average molecular weight is 305 g/mol. The molecule has 5 heteroatoms. The van der Waals surface area contributed by atoms with E-state index in [9.17, 15) is 9.59 Å². The van der Waals surface area contributed by atoms with Gasteiger partial charge in [0.2, 0.25) is 5.91 Å². The molecule has 0 fully saturated rings. The van der Waals surface area contributed by atoms with Gasteiger partial charge in [-0.2, -0.15) is 0 Å². The van der Waals surface area contributed by atoms with Gasteiger partial charge in [0.25, 0.3) is 0 Å². The number of amides is 1. The number of nitrogens with zero attached hydrogens (tertiary/aromatic N) is 1. The molecular weight excluding hydrogens is 282 g/mol. The molecule has 0 heterocycles. The van der Waals surface area contributed by atoms with E-state index in [1.807, 2.05) is 13.0 Å². The number of aliphatic hydroxyl groups excluding tert-OH is 1. The third kappa shape index (κ3) is 5.33. The largest absolute Gasteiger partial charge is 0.478 e. The highest BCUT2D eigenvalue weighted by Gasteiger charge is 2.16. The third-order valence-corrected chi connectivity index (χ3v) is 3.53. The molecule has 1 aromatic carbocycles. The Morgan fingerprint density at radius 3 is 2.36 bits per heavy atom. The van der Waals surface area contributed by atoms with E-state index < -0.39 is 5.97 Å². The van der Waals surface area contributed by atoms with Crippen molar-refractivity contribution in [3.05, 3.63) is 47.5 Å². The zero-order chi connectivity index (χ0) is 16.5. The van der Waals surface area contributed by atoms with Crippen molar-refractivity contribution in [3.63, 3.8) is 0 Å². The van der Waals surface area contributed by atoms with E-state index >= 15 is 0 Å². The number of hydrogen-bond donors (Lipinski definition) is 2. The smallest absolute Gasteiger partial charge is 0.335 e. The molecule has 1 amide bonds. The van der Waals surface area contributed by atoms with Gasteiger partial charge in [0.1, 0.15) is 0 Å². The highest BCUT2D eigenvalue weighted by Crippen LogP contribution is 2.11. The van der Waals surface area contributed by atoms with Gasteiger partial charge in [-0.15, -0.1) is 0 Å². The lowest BCUT2D eigenvalue weighted by Crippen LogP contribution is -2.39. The molecule has 0 aliphatic rings. The quantitative estimate of drug-likeness (QED) is 0.721. The molecule has 0 aliphatic carbocycles. The zero-order valence-corrected chi connectivity index (χ0v) is 13.0. The van der Waals surface area contributed by atoms with Crippen molar-refractivity contribution in [2.45, 2.75) is 32.7 Å². The molecule has 1 rings (SSSR count). The molecule has 2 N–H and O–H groups in total. The molecule has 1 aromatic rings. The van der Waals surface area contributed by atoms with Gasteiger partial charge < -0.3 is 15.1 Å². The van der Waals surface area contributed by atoms with Crippen molar-refractivity contribution in [1.82, 2.24) is 4.90 Å². The molecule has 120 valence electrons. The van der Waals surface area contributed by atoms with E-state index in [1.165, 1.54) is 6.92 Å². The number of carboxylic acid groups (broad SMARTS) is 1. The molecular formula is C17H23NO4. The molecule has 0 aliphatic heterocycles. The molecule has 0 radical (unpaired) electrons. The minimum absolute atomic E-state index is 0.0170. The molecule has 1 unspecified atom stereocenters. The Bertz CT molecular complexity index is 522. The van der Waals surface area contributed by atoms with E-state index in [2.05, 4.69) is 0 Å². The van der Waals surface area contributed by atoms with E-state index in [0.717, 1.165) is 12.0 Å². The summed E-state index contributed by atoms with van der Waals surface area (Å²) in [6.07, 6.45) is 4.91. The van der Waals surface area contributed by atoms with Gasteiger partial charge in [-0.1, -0.05) is 31.2 Å². The van der Waals surface area contributed by atoms with E-state index in [-0.39, 0.29) is 24.1 Å². The van der Waals surface area contributed by atoms with Gasteiger partial charge in [0.05, 0.1) is 12.2 Å². The topological polar surface area (TPSA) is 77.8 Å². The maximum atomic E-state index is 11.8. The molecule has 22 heavy (non-hydrogen) atoms. The number of aliphatic hydroxyl groups is 1. The molecule has 0 bridgehead atoms. The van der Waals surface area contributed by atoms with Crippen molar-refractivity contribution in [2.75, 3.05) is 13.2 Å². The summed E-state index contributed by atoms with van der Waals surface area (Å²) in [6.45, 7) is 4.03. The van der Waals surface area contributed by atoms with Crippen LogP contribution in [0.1, 0.15) is 36.2 Å². The molecule has 0 saturated heterocycles. The van der Waals surface area contributed by atoms with Crippen LogP contribution in [0, 0.1) is 0 Å². The second-order valence-electron chi connectivity index (χ2n) is 5.05. The fourth-order valence-electron chi connectivity index (χ4n) is 2.30. The van der Waals surface area contributed by atoms with Crippen LogP contribution in [0.5, 0.6) is 0 Å². The summed E-state index contributed by atoms with van der Waals surface area (Å²) in [5, 5.41) is 17.7. The van der Waals surface area contributed by atoms with Gasteiger partial charge in [-0.3, -0.25) is 4.79 Å². The molecule has 0 aromatic heterocycles. The first-order valence-corrected chi connectivity index (χ1v) is 7.36. The number of carbonyl (C=O) groups excluding carboxylic acids is 1. The Morgan fingerprint density at radius 1 is 1.27 bits per heavy atom. The third-order valence-electron chi connectivity index (χ3n) is 3.53. The van der Waals surface area contributed by atoms with Crippen LogP contribution in [0.4, 0.5) is 0 Å². The van der Waals surface area contributed by atoms with E-state index in [0.29, 0.717) is 13.0 Å². The number of aromatic carboxylic acids is 1. The summed E-state index contributed by atoms with van der Waals surface area (Å²) >= 11 is 0. The van der Waals surface area contributed by atoms with Gasteiger partial charge in [-0.25, -0.2) is 4.79 Å². The standard InChI is InChI=1S/C17H23NO4/c1-3-16(5-4-12-19)18(13(2)20)11-10-14-6-8-15(9-7-14)17(21)22/h4-9,16,19H,3,10-12H2,1-2H3,(H,21,22)/b5-4+. The van der Waals surface area contributed by atoms with Gasteiger partial charge in [0, 0.05) is 19.5 Å². The summed E-state index contributed by atoms with van der Waals surface area (Å²) < 4.78 is 0. The number of carbonyl (C=O) groups is 2. The summed E-state index contributed by atoms with van der Waals surface area (Å²) in [5.74, 6) is -0.964. The Hall–Kier alpha value is -2.14. The van der Waals surface area contributed by atoms with E-state index in [1.54, 1.807) is 35.2 Å². The zero-order valence-electron chi connectivity index (χ0n) is 13.0. The summed E-state index contributed by atoms with van der Waals surface area (Å²) in [5.41, 5.74) is 1.24. The fraction of sp³-hybridized carbons (Fsp3) is 0.412. The van der Waals surface area contributed by atoms with Gasteiger partial charge >= 0.3 is 5.97 Å². The molecule has 0 saturated carbocycles. The highest BCUT2D eigenvalue weighted by molar-refractivity contribution is 5.87. The van der Waals surface area contributed by atoms with Gasteiger partial charge in [-0.05, 0) is 30.5 Å². The summed E-state index contributed by atoms with van der Waals surface area (Å²) in [6, 6.07) is 6.64. The van der Waals surface area contributed by atoms with Crippen LogP contribution in [0.3, 0.4) is 0 Å². The number of benzene rings is 1. The van der Waals surface area contributed by atoms with Crippen LogP contribution in [0.2, 0.25) is 0 Å². The average Bonchev–Trinajstić information content (AvgIpc) is 2.50. The van der Waals surface area contributed by atoms with Crippen molar-refractivity contribution in [1.29, 1.82) is 0 Å². The minimum atomic E-state index is -0.947. The van der Waals surface area contributed by atoms with E-state index in [4.69, 9.17) is 10.2 Å². The second-order valence-corrected chi connectivity index (χ2v) is 5.05. The van der Waals surface area contributed by atoms with Crippen molar-refractivity contribution < 1.29 is 19.8 Å². The van der Waals surface area contributed by atoms with Crippen LogP contribution < -0.4 is 0 Å². The van der Waals surface area contributed by atoms with Crippen molar-refractivity contribution in [3.8, 4) is 0 Å². The Morgan fingerprint density at radius 2 is 1.91 bits per heavy atom. The maximum absolute atomic E-state index is 11.8. The Kier molecular flexibility index (Phi) is 7.32. The lowest BCUT2D eigenvalue weighted by molar-refractivity contribution is -0.130. The lowest BCUT2D eigenvalue weighted by atomic mass is 10.1. The fourth-order valence-corrected chi connectivity index (χ4v) is 2.30. The lowest BCUT2D eigenvalue weighted by Gasteiger charge is -2.28. The maximum Gasteiger partial charge on any atom is 0.335 e. The first-order valence-electron chi connectivity index (χ1n) is 7.36. The summed E-state index contributed by atoms with van der Waals surface area (Å²) in [7, 11) is 0. The predicted octanol–water partition coefficient (Wildman–Crippen LogP) is 2.10. The van der Waals surface area contributed by atoms with Crippen LogP contribution in [0.15, 0.2) is 36.4 Å². The monoisotopic (exact) mass is 305 g/mol. The molecule has 0 spiro atoms. The van der Waals surface area contributed by atoms with Crippen LogP contribution in [-0.2, 0) is 11.2 Å². The molecule has 5 nitrogen and oxygen atoms in total. The van der Waals surface area contributed by atoms with Gasteiger partial charge in [0.15, 0.2) is 0 Å².